The molecule has 0 amide bonds. The molecule has 1 fully saturated rings. The Bertz CT molecular complexity index is 393. The fourth-order valence-electron chi connectivity index (χ4n) is 2.35. The smallest absolute Gasteiger partial charge is 0.0716 e. The maximum absolute atomic E-state index is 9.41. The molecular formula is C13H19ClN2O2. The van der Waals surface area contributed by atoms with Crippen molar-refractivity contribution in [3.63, 3.8) is 0 Å². The van der Waals surface area contributed by atoms with Gasteiger partial charge < -0.3 is 15.1 Å². The van der Waals surface area contributed by atoms with Crippen LogP contribution in [0.25, 0.3) is 0 Å². The van der Waals surface area contributed by atoms with Crippen LogP contribution in [0.4, 0.5) is 5.69 Å². The van der Waals surface area contributed by atoms with Crippen molar-refractivity contribution in [3.8, 4) is 0 Å². The van der Waals surface area contributed by atoms with Crippen molar-refractivity contribution in [1.82, 2.24) is 4.90 Å². The Morgan fingerprint density at radius 2 is 1.83 bits per heavy atom. The highest BCUT2D eigenvalue weighted by Gasteiger charge is 2.19. The lowest BCUT2D eigenvalue weighted by molar-refractivity contribution is 0.188. The molecule has 0 unspecified atom stereocenters. The Morgan fingerprint density at radius 3 is 2.44 bits per heavy atom. The van der Waals surface area contributed by atoms with Gasteiger partial charge in [0.2, 0.25) is 0 Å². The third-order valence-electron chi connectivity index (χ3n) is 3.38. The summed E-state index contributed by atoms with van der Waals surface area (Å²) in [4.78, 5) is 4.48. The quantitative estimate of drug-likeness (QED) is 0.855. The molecule has 0 bridgehead atoms. The molecule has 0 aromatic heterocycles. The Balaban J connectivity index is 2.07. The van der Waals surface area contributed by atoms with Crippen LogP contribution in [0.3, 0.4) is 0 Å². The van der Waals surface area contributed by atoms with Crippen LogP contribution in [0.2, 0.25) is 5.02 Å². The van der Waals surface area contributed by atoms with Crippen molar-refractivity contribution in [2.75, 3.05) is 44.2 Å². The van der Waals surface area contributed by atoms with Gasteiger partial charge in [-0.1, -0.05) is 17.7 Å². The molecule has 1 aromatic rings. The van der Waals surface area contributed by atoms with Gasteiger partial charge in [-0.3, -0.25) is 4.90 Å². The Hall–Kier alpha value is -0.810. The molecule has 1 aromatic carbocycles. The minimum absolute atomic E-state index is 0.0359. The molecule has 5 heteroatoms. The van der Waals surface area contributed by atoms with E-state index in [4.69, 9.17) is 16.7 Å². The van der Waals surface area contributed by atoms with E-state index >= 15 is 0 Å². The number of β-amino-alcohol motifs (C(OH)–C–C–N with tert-alkyl or cyclic N) is 1. The normalized spacial score (nSPS) is 17.2. The molecule has 0 spiro atoms. The summed E-state index contributed by atoms with van der Waals surface area (Å²) in [7, 11) is 0. The van der Waals surface area contributed by atoms with E-state index in [1.807, 2.05) is 12.1 Å². The van der Waals surface area contributed by atoms with Crippen molar-refractivity contribution in [2.45, 2.75) is 6.61 Å². The standard InChI is InChI=1S/C13H19ClN2O2/c14-12-2-1-3-13(11(12)10-18)16-6-4-15(5-7-16)8-9-17/h1-3,17-18H,4-10H2. The molecule has 2 rings (SSSR count). The molecule has 0 saturated carbocycles. The first kappa shape index (κ1) is 13.6. The van der Waals surface area contributed by atoms with Crippen LogP contribution >= 0.6 is 11.6 Å². The lowest BCUT2D eigenvalue weighted by Gasteiger charge is -2.36. The van der Waals surface area contributed by atoms with Gasteiger partial charge >= 0.3 is 0 Å². The molecule has 0 atom stereocenters. The van der Waals surface area contributed by atoms with E-state index < -0.39 is 0 Å². The first-order valence-electron chi connectivity index (χ1n) is 6.22. The van der Waals surface area contributed by atoms with Crippen molar-refractivity contribution in [2.24, 2.45) is 0 Å². The number of benzene rings is 1. The molecule has 0 aliphatic carbocycles. The fraction of sp³-hybridized carbons (Fsp3) is 0.538. The topological polar surface area (TPSA) is 46.9 Å². The van der Waals surface area contributed by atoms with Gasteiger partial charge in [-0.2, -0.15) is 0 Å². The Morgan fingerprint density at radius 1 is 1.11 bits per heavy atom. The summed E-state index contributed by atoms with van der Waals surface area (Å²) < 4.78 is 0. The van der Waals surface area contributed by atoms with Crippen LogP contribution in [0.1, 0.15) is 5.56 Å². The summed E-state index contributed by atoms with van der Waals surface area (Å²) >= 11 is 6.10. The van der Waals surface area contributed by atoms with Crippen LogP contribution < -0.4 is 4.90 Å². The lowest BCUT2D eigenvalue weighted by atomic mass is 10.1. The highest BCUT2D eigenvalue weighted by Crippen LogP contribution is 2.28. The zero-order chi connectivity index (χ0) is 13.0. The molecule has 1 saturated heterocycles. The number of aliphatic hydroxyl groups is 2. The highest BCUT2D eigenvalue weighted by molar-refractivity contribution is 6.31. The second-order valence-corrected chi connectivity index (χ2v) is 4.86. The van der Waals surface area contributed by atoms with Crippen LogP contribution in [-0.2, 0) is 6.61 Å². The van der Waals surface area contributed by atoms with Crippen LogP contribution in [0.15, 0.2) is 18.2 Å². The van der Waals surface area contributed by atoms with E-state index in [1.165, 1.54) is 0 Å². The van der Waals surface area contributed by atoms with E-state index in [-0.39, 0.29) is 13.2 Å². The molecular weight excluding hydrogens is 252 g/mol. The first-order chi connectivity index (χ1) is 8.76. The lowest BCUT2D eigenvalue weighted by Crippen LogP contribution is -2.47. The van der Waals surface area contributed by atoms with Gasteiger partial charge in [0.1, 0.15) is 0 Å². The average Bonchev–Trinajstić information content (AvgIpc) is 2.40. The van der Waals surface area contributed by atoms with E-state index in [0.29, 0.717) is 5.02 Å². The predicted molar refractivity (Wildman–Crippen MR) is 73.1 cm³/mol. The third-order valence-corrected chi connectivity index (χ3v) is 3.74. The first-order valence-corrected chi connectivity index (χ1v) is 6.60. The van der Waals surface area contributed by atoms with Crippen molar-refractivity contribution in [1.29, 1.82) is 0 Å². The number of nitrogens with zero attached hydrogens (tertiary/aromatic N) is 2. The van der Waals surface area contributed by atoms with Gasteiger partial charge in [-0.05, 0) is 12.1 Å². The average molecular weight is 271 g/mol. The highest BCUT2D eigenvalue weighted by atomic mass is 35.5. The molecule has 100 valence electrons. The predicted octanol–water partition coefficient (Wildman–Crippen LogP) is 0.947. The van der Waals surface area contributed by atoms with Gasteiger partial charge in [0.15, 0.2) is 0 Å². The maximum atomic E-state index is 9.41. The maximum Gasteiger partial charge on any atom is 0.0716 e. The second kappa shape index (κ2) is 6.38. The van der Waals surface area contributed by atoms with E-state index in [9.17, 15) is 5.11 Å². The van der Waals surface area contributed by atoms with Gasteiger partial charge in [-0.25, -0.2) is 0 Å². The molecule has 1 aliphatic heterocycles. The van der Waals surface area contributed by atoms with Crippen molar-refractivity contribution < 1.29 is 10.2 Å². The summed E-state index contributed by atoms with van der Waals surface area (Å²) in [5, 5.41) is 18.9. The number of piperazine rings is 1. The number of anilines is 1. The summed E-state index contributed by atoms with van der Waals surface area (Å²) in [6.45, 7) is 4.55. The van der Waals surface area contributed by atoms with Gasteiger partial charge in [-0.15, -0.1) is 0 Å². The summed E-state index contributed by atoms with van der Waals surface area (Å²) in [6, 6.07) is 5.72. The summed E-state index contributed by atoms with van der Waals surface area (Å²) in [5.41, 5.74) is 1.82. The minimum Gasteiger partial charge on any atom is -0.395 e. The monoisotopic (exact) mass is 270 g/mol. The molecule has 1 aliphatic rings. The number of hydrogen-bond donors (Lipinski definition) is 2. The zero-order valence-electron chi connectivity index (χ0n) is 10.3. The number of rotatable bonds is 4. The summed E-state index contributed by atoms with van der Waals surface area (Å²) in [5.74, 6) is 0. The summed E-state index contributed by atoms with van der Waals surface area (Å²) in [6.07, 6.45) is 0. The van der Waals surface area contributed by atoms with Crippen molar-refractivity contribution in [3.05, 3.63) is 28.8 Å². The second-order valence-electron chi connectivity index (χ2n) is 4.45. The van der Waals surface area contributed by atoms with Gasteiger partial charge in [0, 0.05) is 49.0 Å². The SMILES string of the molecule is OCCN1CCN(c2cccc(Cl)c2CO)CC1. The van der Waals surface area contributed by atoms with E-state index in [0.717, 1.165) is 44.0 Å². The van der Waals surface area contributed by atoms with E-state index in [2.05, 4.69) is 9.80 Å². The molecule has 4 nitrogen and oxygen atoms in total. The number of hydrogen-bond acceptors (Lipinski definition) is 4. The van der Waals surface area contributed by atoms with E-state index in [1.54, 1.807) is 6.07 Å². The van der Waals surface area contributed by atoms with Crippen LogP contribution in [-0.4, -0.2) is 54.4 Å². The molecule has 1 heterocycles. The number of halogens is 1. The Kier molecular flexibility index (Phi) is 4.83. The fourth-order valence-corrected chi connectivity index (χ4v) is 2.58. The third kappa shape index (κ3) is 2.95. The van der Waals surface area contributed by atoms with Crippen LogP contribution in [0.5, 0.6) is 0 Å². The zero-order valence-corrected chi connectivity index (χ0v) is 11.1. The minimum atomic E-state index is -0.0359. The largest absolute Gasteiger partial charge is 0.395 e. The molecule has 18 heavy (non-hydrogen) atoms. The van der Waals surface area contributed by atoms with Crippen molar-refractivity contribution >= 4 is 17.3 Å². The van der Waals surface area contributed by atoms with Crippen LogP contribution in [0, 0.1) is 0 Å². The van der Waals surface area contributed by atoms with Gasteiger partial charge in [0.05, 0.1) is 13.2 Å². The van der Waals surface area contributed by atoms with Gasteiger partial charge in [0.25, 0.3) is 0 Å². The Labute approximate surface area is 112 Å². The molecule has 2 N–H and O–H groups in total. The molecule has 0 radical (unpaired) electrons. The number of aliphatic hydroxyl groups excluding tert-OH is 2.